The Morgan fingerprint density at radius 2 is 1.08 bits per heavy atom. The summed E-state index contributed by atoms with van der Waals surface area (Å²) in [6.07, 6.45) is 2.25. The first-order chi connectivity index (χ1) is 17.7. The molecule has 0 amide bonds. The first-order valence-electron chi connectivity index (χ1n) is 13.1. The molecule has 0 aliphatic carbocycles. The second-order valence-electron chi connectivity index (χ2n) is 10.6. The molecule has 2 heterocycles. The van der Waals surface area contributed by atoms with Gasteiger partial charge in [0.05, 0.1) is 0 Å². The van der Waals surface area contributed by atoms with Gasteiger partial charge in [0.2, 0.25) is 0 Å². The van der Waals surface area contributed by atoms with Crippen LogP contribution < -0.4 is 9.80 Å². The summed E-state index contributed by atoms with van der Waals surface area (Å²) in [6.45, 7) is 2.18. The highest BCUT2D eigenvalue weighted by molar-refractivity contribution is 6.29. The lowest BCUT2D eigenvalue weighted by Crippen LogP contribution is -2.13. The summed E-state index contributed by atoms with van der Waals surface area (Å²) < 4.78 is 0. The zero-order valence-electron chi connectivity index (χ0n) is 20.8. The van der Waals surface area contributed by atoms with Gasteiger partial charge in [-0.15, -0.1) is 0 Å². The Bertz CT molecular complexity index is 1820. The van der Waals surface area contributed by atoms with Crippen LogP contribution in [0.3, 0.4) is 0 Å². The van der Waals surface area contributed by atoms with Crippen molar-refractivity contribution in [3.63, 3.8) is 0 Å². The number of rotatable bonds is 2. The van der Waals surface area contributed by atoms with Crippen LogP contribution in [0.4, 0.5) is 11.4 Å². The van der Waals surface area contributed by atoms with Crippen LogP contribution in [-0.4, -0.2) is 27.2 Å². The topological polar surface area (TPSA) is 6.48 Å². The molecular weight excluding hydrogens is 436 g/mol. The van der Waals surface area contributed by atoms with Gasteiger partial charge in [-0.2, -0.15) is 0 Å². The quantitative estimate of drug-likeness (QED) is 0.240. The van der Waals surface area contributed by atoms with Crippen molar-refractivity contribution in [2.24, 2.45) is 0 Å². The number of nitrogens with zero attached hydrogens (tertiary/aromatic N) is 2. The van der Waals surface area contributed by atoms with Crippen molar-refractivity contribution < 1.29 is 0 Å². The van der Waals surface area contributed by atoms with E-state index < -0.39 is 0 Å². The Kier molecular flexibility index (Phi) is 4.06. The van der Waals surface area contributed by atoms with Crippen LogP contribution in [0.25, 0.3) is 54.6 Å². The molecule has 0 fully saturated rings. The standard InChI is InChI=1S/C34H28N2/c1-35-18-16-22-7-4-10-28(33(22)35)25-14-15-27-30(29-11-5-8-23-17-19-36(2)34(23)29)20-24-9-3-6-21-12-13-26(25)32(27)31(21)24/h3-15,20H,16-19H2,1-2H3. The normalized spacial score (nSPS) is 14.9. The second-order valence-corrected chi connectivity index (χ2v) is 10.6. The fourth-order valence-corrected chi connectivity index (χ4v) is 7.01. The first kappa shape index (κ1) is 20.2. The summed E-state index contributed by atoms with van der Waals surface area (Å²) in [4.78, 5) is 4.86. The molecule has 2 aliphatic heterocycles. The molecule has 0 unspecified atom stereocenters. The van der Waals surface area contributed by atoms with Crippen LogP contribution in [0.15, 0.2) is 84.9 Å². The van der Waals surface area contributed by atoms with Crippen LogP contribution >= 0.6 is 0 Å². The molecule has 0 saturated carbocycles. The molecule has 36 heavy (non-hydrogen) atoms. The van der Waals surface area contributed by atoms with Crippen LogP contribution in [-0.2, 0) is 12.8 Å². The number of fused-ring (bicyclic) bond motifs is 2. The number of hydrogen-bond donors (Lipinski definition) is 0. The average Bonchev–Trinajstić information content (AvgIpc) is 3.49. The maximum absolute atomic E-state index is 2.43. The van der Waals surface area contributed by atoms with Gasteiger partial charge in [-0.1, -0.05) is 78.9 Å². The van der Waals surface area contributed by atoms with Crippen molar-refractivity contribution in [2.45, 2.75) is 12.8 Å². The van der Waals surface area contributed by atoms with Crippen LogP contribution in [0.2, 0.25) is 0 Å². The molecule has 174 valence electrons. The third-order valence-corrected chi connectivity index (χ3v) is 8.66. The Morgan fingerprint density at radius 1 is 0.500 bits per heavy atom. The maximum Gasteiger partial charge on any atom is 0.0476 e. The zero-order chi connectivity index (χ0) is 24.0. The van der Waals surface area contributed by atoms with E-state index in [0.717, 1.165) is 25.9 Å². The number of anilines is 2. The molecule has 8 rings (SSSR count). The lowest BCUT2D eigenvalue weighted by atomic mass is 9.85. The number of para-hydroxylation sites is 2. The highest BCUT2D eigenvalue weighted by Crippen LogP contribution is 2.48. The van der Waals surface area contributed by atoms with Gasteiger partial charge < -0.3 is 9.80 Å². The van der Waals surface area contributed by atoms with Crippen molar-refractivity contribution in [3.8, 4) is 22.3 Å². The Morgan fingerprint density at radius 3 is 1.81 bits per heavy atom. The van der Waals surface area contributed by atoms with E-state index in [-0.39, 0.29) is 0 Å². The van der Waals surface area contributed by atoms with Gasteiger partial charge in [0.15, 0.2) is 0 Å². The maximum atomic E-state index is 2.43. The molecule has 0 radical (unpaired) electrons. The molecule has 0 aromatic heterocycles. The van der Waals surface area contributed by atoms with Crippen LogP contribution in [0.1, 0.15) is 11.1 Å². The van der Waals surface area contributed by atoms with Gasteiger partial charge >= 0.3 is 0 Å². The highest BCUT2D eigenvalue weighted by atomic mass is 15.1. The van der Waals surface area contributed by atoms with E-state index in [1.807, 2.05) is 0 Å². The molecule has 2 heteroatoms. The fourth-order valence-electron chi connectivity index (χ4n) is 7.01. The third-order valence-electron chi connectivity index (χ3n) is 8.66. The van der Waals surface area contributed by atoms with E-state index in [9.17, 15) is 0 Å². The number of benzene rings is 6. The van der Waals surface area contributed by atoms with Gasteiger partial charge in [-0.05, 0) is 73.5 Å². The van der Waals surface area contributed by atoms with E-state index in [1.165, 1.54) is 77.1 Å². The average molecular weight is 465 g/mol. The van der Waals surface area contributed by atoms with Gasteiger partial charge in [-0.3, -0.25) is 0 Å². The van der Waals surface area contributed by atoms with E-state index in [4.69, 9.17) is 0 Å². The molecule has 0 atom stereocenters. The predicted molar refractivity (Wildman–Crippen MR) is 155 cm³/mol. The van der Waals surface area contributed by atoms with E-state index in [2.05, 4.69) is 109 Å². The summed E-state index contributed by atoms with van der Waals surface area (Å²) in [7, 11) is 4.47. The fraction of sp³-hybridized carbons (Fsp3) is 0.176. The summed E-state index contributed by atoms with van der Waals surface area (Å²) in [5, 5.41) is 8.14. The predicted octanol–water partition coefficient (Wildman–Crippen LogP) is 7.90. The monoisotopic (exact) mass is 464 g/mol. The molecule has 0 N–H and O–H groups in total. The Labute approximate surface area is 211 Å². The number of likely N-dealkylation sites (N-methyl/N-ethyl adjacent to an activating group) is 2. The summed E-state index contributed by atoms with van der Waals surface area (Å²) in [6, 6.07) is 32.3. The first-order valence-corrected chi connectivity index (χ1v) is 13.1. The van der Waals surface area contributed by atoms with Gasteiger partial charge in [0.25, 0.3) is 0 Å². The van der Waals surface area contributed by atoms with Crippen LogP contribution in [0.5, 0.6) is 0 Å². The molecule has 0 spiro atoms. The van der Waals surface area contributed by atoms with E-state index in [1.54, 1.807) is 0 Å². The van der Waals surface area contributed by atoms with Crippen molar-refractivity contribution >= 4 is 43.7 Å². The van der Waals surface area contributed by atoms with Gasteiger partial charge in [0, 0.05) is 49.7 Å². The number of hydrogen-bond acceptors (Lipinski definition) is 2. The van der Waals surface area contributed by atoms with Crippen molar-refractivity contribution in [1.82, 2.24) is 0 Å². The summed E-state index contributed by atoms with van der Waals surface area (Å²) >= 11 is 0. The minimum Gasteiger partial charge on any atom is -0.374 e. The van der Waals surface area contributed by atoms with Crippen molar-refractivity contribution in [1.29, 1.82) is 0 Å². The Balaban J connectivity index is 1.51. The largest absolute Gasteiger partial charge is 0.374 e. The SMILES string of the molecule is CN1CCc2cccc(-c3ccc4c(-c5cccc6c5N(C)CC6)cc5cccc6ccc3c4c65)c21. The molecule has 2 nitrogen and oxygen atoms in total. The molecule has 6 aromatic carbocycles. The second kappa shape index (κ2) is 7.24. The molecule has 2 aliphatic rings. The third kappa shape index (κ3) is 2.62. The van der Waals surface area contributed by atoms with Crippen LogP contribution in [0, 0.1) is 0 Å². The van der Waals surface area contributed by atoms with Gasteiger partial charge in [0.1, 0.15) is 0 Å². The minimum absolute atomic E-state index is 1.09. The lowest BCUT2D eigenvalue weighted by Gasteiger charge is -2.22. The van der Waals surface area contributed by atoms with Crippen molar-refractivity contribution in [2.75, 3.05) is 37.0 Å². The van der Waals surface area contributed by atoms with Crippen molar-refractivity contribution in [3.05, 3.63) is 96.1 Å². The highest BCUT2D eigenvalue weighted by Gasteiger charge is 2.25. The smallest absolute Gasteiger partial charge is 0.0476 e. The lowest BCUT2D eigenvalue weighted by molar-refractivity contribution is 0.956. The Hall–Kier alpha value is -4.04. The zero-order valence-corrected chi connectivity index (χ0v) is 20.8. The van der Waals surface area contributed by atoms with Gasteiger partial charge in [-0.25, -0.2) is 0 Å². The molecule has 0 bridgehead atoms. The minimum atomic E-state index is 1.09. The summed E-state index contributed by atoms with van der Waals surface area (Å²) in [5.41, 5.74) is 11.1. The molecule has 0 saturated heterocycles. The molecule has 6 aromatic rings. The summed E-state index contributed by atoms with van der Waals surface area (Å²) in [5.74, 6) is 0. The molecular formula is C34H28N2. The van der Waals surface area contributed by atoms with E-state index >= 15 is 0 Å². The van der Waals surface area contributed by atoms with E-state index in [0.29, 0.717) is 0 Å².